The molecule has 0 saturated heterocycles. The zero-order chi connectivity index (χ0) is 19.3. The van der Waals surface area contributed by atoms with Crippen LogP contribution in [0.2, 0.25) is 0 Å². The number of para-hydroxylation sites is 1. The van der Waals surface area contributed by atoms with Crippen LogP contribution in [-0.4, -0.2) is 15.9 Å². The lowest BCUT2D eigenvalue weighted by atomic mass is 10.1. The van der Waals surface area contributed by atoms with E-state index in [0.29, 0.717) is 6.54 Å². The highest BCUT2D eigenvalue weighted by Crippen LogP contribution is 2.34. The molecule has 0 spiro atoms. The molecule has 0 atom stereocenters. The number of amides is 1. The van der Waals surface area contributed by atoms with Crippen LogP contribution in [0.5, 0.6) is 0 Å². The number of carbonyl (C=O) groups is 1. The van der Waals surface area contributed by atoms with E-state index in [4.69, 9.17) is 0 Å². The number of anilines is 2. The van der Waals surface area contributed by atoms with Gasteiger partial charge in [-0.05, 0) is 42.0 Å². The van der Waals surface area contributed by atoms with E-state index >= 15 is 0 Å². The van der Waals surface area contributed by atoms with E-state index in [2.05, 4.69) is 20.6 Å². The first-order chi connectivity index (χ1) is 12.9. The van der Waals surface area contributed by atoms with Gasteiger partial charge in [-0.25, -0.2) is 4.98 Å². The molecule has 138 valence electrons. The Bertz CT molecular complexity index is 929. The Hall–Kier alpha value is -3.42. The molecule has 0 saturated carbocycles. The summed E-state index contributed by atoms with van der Waals surface area (Å²) in [4.78, 5) is 20.6. The van der Waals surface area contributed by atoms with E-state index in [1.54, 1.807) is 30.6 Å². The van der Waals surface area contributed by atoms with Crippen molar-refractivity contribution in [3.05, 3.63) is 83.8 Å². The number of hydrogen-bond acceptors (Lipinski definition) is 4. The van der Waals surface area contributed by atoms with Gasteiger partial charge in [0.15, 0.2) is 0 Å². The maximum atomic E-state index is 13.1. The number of halogens is 3. The molecule has 2 aromatic heterocycles. The van der Waals surface area contributed by atoms with Crippen LogP contribution in [0.25, 0.3) is 0 Å². The number of alkyl halides is 3. The number of pyridine rings is 2. The summed E-state index contributed by atoms with van der Waals surface area (Å²) in [6.07, 6.45) is 0.199. The standard InChI is InChI=1S/C19H15F3N4O/c20-19(21,22)15-5-1-2-6-16(15)26-18(27)14-4-3-9-24-17(14)25-12-13-7-10-23-11-8-13/h1-11H,12H2,(H,24,25)(H,26,27). The summed E-state index contributed by atoms with van der Waals surface area (Å²) in [5.41, 5.74) is -0.152. The fourth-order valence-electron chi connectivity index (χ4n) is 2.44. The first-order valence-corrected chi connectivity index (χ1v) is 8.00. The van der Waals surface area contributed by atoms with Crippen molar-refractivity contribution in [2.75, 3.05) is 10.6 Å². The Labute approximate surface area is 153 Å². The molecule has 2 heterocycles. The number of carbonyl (C=O) groups excluding carboxylic acids is 1. The summed E-state index contributed by atoms with van der Waals surface area (Å²) in [6.45, 7) is 0.388. The van der Waals surface area contributed by atoms with Crippen molar-refractivity contribution in [3.63, 3.8) is 0 Å². The van der Waals surface area contributed by atoms with Crippen molar-refractivity contribution in [3.8, 4) is 0 Å². The predicted molar refractivity (Wildman–Crippen MR) is 95.2 cm³/mol. The molecule has 8 heteroatoms. The third kappa shape index (κ3) is 4.60. The molecule has 0 aliphatic heterocycles. The number of rotatable bonds is 5. The smallest absolute Gasteiger partial charge is 0.365 e. The van der Waals surface area contributed by atoms with Gasteiger partial charge in [0.1, 0.15) is 5.82 Å². The third-order valence-electron chi connectivity index (χ3n) is 3.74. The Kier molecular flexibility index (Phi) is 5.35. The summed E-state index contributed by atoms with van der Waals surface area (Å²) in [6, 6.07) is 11.5. The fourth-order valence-corrected chi connectivity index (χ4v) is 2.44. The van der Waals surface area contributed by atoms with Crippen molar-refractivity contribution < 1.29 is 18.0 Å². The van der Waals surface area contributed by atoms with Crippen LogP contribution in [0, 0.1) is 0 Å². The van der Waals surface area contributed by atoms with Gasteiger partial charge in [0.05, 0.1) is 16.8 Å². The van der Waals surface area contributed by atoms with Crippen LogP contribution in [0.15, 0.2) is 67.1 Å². The molecule has 27 heavy (non-hydrogen) atoms. The first kappa shape index (κ1) is 18.4. The maximum absolute atomic E-state index is 13.1. The molecule has 1 aromatic carbocycles. The molecule has 0 radical (unpaired) electrons. The van der Waals surface area contributed by atoms with E-state index in [0.717, 1.165) is 11.6 Å². The van der Waals surface area contributed by atoms with Crippen molar-refractivity contribution in [2.24, 2.45) is 0 Å². The largest absolute Gasteiger partial charge is 0.418 e. The Morgan fingerprint density at radius 2 is 1.70 bits per heavy atom. The average molecular weight is 372 g/mol. The predicted octanol–water partition coefficient (Wildman–Crippen LogP) is 4.36. The molecule has 1 amide bonds. The SMILES string of the molecule is O=C(Nc1ccccc1C(F)(F)F)c1cccnc1NCc1ccncc1. The molecule has 0 bridgehead atoms. The van der Waals surface area contributed by atoms with Gasteiger partial charge >= 0.3 is 6.18 Å². The quantitative estimate of drug-likeness (QED) is 0.698. The molecule has 3 rings (SSSR count). The molecule has 5 nitrogen and oxygen atoms in total. The summed E-state index contributed by atoms with van der Waals surface area (Å²) < 4.78 is 39.3. The molecular formula is C19H15F3N4O. The highest BCUT2D eigenvalue weighted by atomic mass is 19.4. The molecule has 3 aromatic rings. The molecule has 0 fully saturated rings. The van der Waals surface area contributed by atoms with Crippen LogP contribution in [0.3, 0.4) is 0 Å². The lowest BCUT2D eigenvalue weighted by molar-refractivity contribution is -0.136. The van der Waals surface area contributed by atoms with Crippen LogP contribution in [0.4, 0.5) is 24.7 Å². The average Bonchev–Trinajstić information content (AvgIpc) is 2.67. The van der Waals surface area contributed by atoms with Crippen molar-refractivity contribution in [1.82, 2.24) is 9.97 Å². The van der Waals surface area contributed by atoms with E-state index < -0.39 is 17.6 Å². The number of benzene rings is 1. The van der Waals surface area contributed by atoms with Crippen LogP contribution in [-0.2, 0) is 12.7 Å². The van der Waals surface area contributed by atoms with Gasteiger partial charge in [0, 0.05) is 25.1 Å². The fraction of sp³-hybridized carbons (Fsp3) is 0.105. The van der Waals surface area contributed by atoms with Gasteiger partial charge in [-0.15, -0.1) is 0 Å². The van der Waals surface area contributed by atoms with Gasteiger partial charge < -0.3 is 10.6 Å². The second-order valence-corrected chi connectivity index (χ2v) is 5.61. The third-order valence-corrected chi connectivity index (χ3v) is 3.74. The van der Waals surface area contributed by atoms with Crippen LogP contribution < -0.4 is 10.6 Å². The molecule has 0 aliphatic carbocycles. The molecule has 2 N–H and O–H groups in total. The minimum absolute atomic E-state index is 0.142. The van der Waals surface area contributed by atoms with Gasteiger partial charge in [0.2, 0.25) is 0 Å². The van der Waals surface area contributed by atoms with Crippen molar-refractivity contribution >= 4 is 17.4 Å². The Morgan fingerprint density at radius 1 is 0.963 bits per heavy atom. The second kappa shape index (κ2) is 7.86. The van der Waals surface area contributed by atoms with Crippen LogP contribution in [0.1, 0.15) is 21.5 Å². The van der Waals surface area contributed by atoms with Crippen molar-refractivity contribution in [2.45, 2.75) is 12.7 Å². The van der Waals surface area contributed by atoms with E-state index in [9.17, 15) is 18.0 Å². The molecular weight excluding hydrogens is 357 g/mol. The maximum Gasteiger partial charge on any atom is 0.418 e. The number of nitrogens with one attached hydrogen (secondary N) is 2. The minimum atomic E-state index is -4.57. The number of aromatic nitrogens is 2. The molecule has 0 aliphatic rings. The zero-order valence-corrected chi connectivity index (χ0v) is 14.0. The van der Waals surface area contributed by atoms with E-state index in [1.165, 1.54) is 30.5 Å². The van der Waals surface area contributed by atoms with E-state index in [-0.39, 0.29) is 17.1 Å². The van der Waals surface area contributed by atoms with Gasteiger partial charge in [-0.1, -0.05) is 12.1 Å². The number of hydrogen-bond donors (Lipinski definition) is 2. The highest BCUT2D eigenvalue weighted by molar-refractivity contribution is 6.07. The minimum Gasteiger partial charge on any atom is -0.365 e. The Balaban J connectivity index is 1.80. The van der Waals surface area contributed by atoms with Crippen LogP contribution >= 0.6 is 0 Å². The highest BCUT2D eigenvalue weighted by Gasteiger charge is 2.33. The summed E-state index contributed by atoms with van der Waals surface area (Å²) in [7, 11) is 0. The lowest BCUT2D eigenvalue weighted by Crippen LogP contribution is -2.18. The van der Waals surface area contributed by atoms with Gasteiger partial charge in [-0.3, -0.25) is 9.78 Å². The summed E-state index contributed by atoms with van der Waals surface area (Å²) >= 11 is 0. The monoisotopic (exact) mass is 372 g/mol. The lowest BCUT2D eigenvalue weighted by Gasteiger charge is -2.15. The normalized spacial score (nSPS) is 11.1. The van der Waals surface area contributed by atoms with E-state index in [1.807, 2.05) is 0 Å². The first-order valence-electron chi connectivity index (χ1n) is 8.00. The summed E-state index contributed by atoms with van der Waals surface area (Å²) in [5.74, 6) is -0.409. The molecule has 0 unspecified atom stereocenters. The van der Waals surface area contributed by atoms with Gasteiger partial charge in [-0.2, -0.15) is 13.2 Å². The number of nitrogens with zero attached hydrogens (tertiary/aromatic N) is 2. The zero-order valence-electron chi connectivity index (χ0n) is 14.0. The topological polar surface area (TPSA) is 66.9 Å². The second-order valence-electron chi connectivity index (χ2n) is 5.61. The van der Waals surface area contributed by atoms with Crippen molar-refractivity contribution in [1.29, 1.82) is 0 Å². The Morgan fingerprint density at radius 3 is 2.44 bits per heavy atom. The van der Waals surface area contributed by atoms with Gasteiger partial charge in [0.25, 0.3) is 5.91 Å². The summed E-state index contributed by atoms with van der Waals surface area (Å²) in [5, 5.41) is 5.34.